The Bertz CT molecular complexity index is 1590. The molecular weight excluding hydrogens is 596 g/mol. The number of benzene rings is 2. The smallest absolute Gasteiger partial charge is 0.338 e. The van der Waals surface area contributed by atoms with Gasteiger partial charge in [-0.3, -0.25) is 40.5 Å². The zero-order valence-electron chi connectivity index (χ0n) is 24.8. The average Bonchev–Trinajstić information content (AvgIpc) is 3.11. The standard InChI is InChI=1S/C29H30N4O12/c1-15(2)23-5-6-29(4)16(3)24(13-44-27(34)17-7-19(30(36)37)11-20(8-17)31(38)39)26(23)25(29)14-45-28(35)18-9-21(32(40)41)12-22(10-18)33(42)43/h7-12,15,23,25-26H,5-6,13-14H2,1-4H3. The minimum absolute atomic E-state index is 0.0886. The molecule has 16 heteroatoms. The van der Waals surface area contributed by atoms with Gasteiger partial charge in [-0.25, -0.2) is 9.59 Å². The fourth-order valence-corrected chi connectivity index (χ4v) is 6.67. The first-order valence-corrected chi connectivity index (χ1v) is 14.0. The number of non-ortho nitro benzene ring substituents is 4. The van der Waals surface area contributed by atoms with Gasteiger partial charge >= 0.3 is 11.9 Å². The van der Waals surface area contributed by atoms with Gasteiger partial charge in [-0.1, -0.05) is 26.3 Å². The van der Waals surface area contributed by atoms with Crippen molar-refractivity contribution in [3.8, 4) is 0 Å². The van der Waals surface area contributed by atoms with Gasteiger partial charge in [-0.2, -0.15) is 0 Å². The van der Waals surface area contributed by atoms with E-state index in [0.29, 0.717) is 0 Å². The Kier molecular flexibility index (Phi) is 8.97. The molecule has 2 aliphatic carbocycles. The van der Waals surface area contributed by atoms with Crippen molar-refractivity contribution in [3.63, 3.8) is 0 Å². The quantitative estimate of drug-likeness (QED) is 0.122. The molecular formula is C29H30N4O12. The summed E-state index contributed by atoms with van der Waals surface area (Å²) >= 11 is 0. The maximum absolute atomic E-state index is 13.0. The van der Waals surface area contributed by atoms with E-state index in [4.69, 9.17) is 9.47 Å². The molecule has 1 saturated carbocycles. The van der Waals surface area contributed by atoms with E-state index in [1.807, 2.05) is 27.7 Å². The number of nitro benzene ring substituents is 4. The third kappa shape index (κ3) is 6.34. The topological polar surface area (TPSA) is 225 Å². The molecule has 4 rings (SSSR count). The zero-order chi connectivity index (χ0) is 33.4. The number of ether oxygens (including phenoxy) is 2. The average molecular weight is 627 g/mol. The zero-order valence-corrected chi connectivity index (χ0v) is 24.8. The molecule has 0 saturated heterocycles. The van der Waals surface area contributed by atoms with Gasteiger partial charge in [0.05, 0.1) is 49.6 Å². The SMILES string of the molecule is CC1=C(COC(=O)c2cc([N+](=O)[O-])cc([N+](=O)[O-])c2)C2C(C(C)C)CCC1(C)C2COC(=O)c1cc([N+](=O)[O-])cc([N+](=O)[O-])c1. The summed E-state index contributed by atoms with van der Waals surface area (Å²) in [6.07, 6.45) is 1.55. The molecule has 1 fully saturated rings. The van der Waals surface area contributed by atoms with E-state index in [0.717, 1.165) is 60.4 Å². The van der Waals surface area contributed by atoms with E-state index in [1.54, 1.807) is 0 Å². The minimum atomic E-state index is -0.981. The van der Waals surface area contributed by atoms with Crippen molar-refractivity contribution >= 4 is 34.7 Å². The number of rotatable bonds is 11. The molecule has 45 heavy (non-hydrogen) atoms. The molecule has 0 aromatic heterocycles. The summed E-state index contributed by atoms with van der Waals surface area (Å²) in [4.78, 5) is 67.8. The van der Waals surface area contributed by atoms with Crippen molar-refractivity contribution in [3.05, 3.63) is 99.1 Å². The Balaban J connectivity index is 1.59. The predicted molar refractivity (Wildman–Crippen MR) is 155 cm³/mol. The number of nitrogens with zero attached hydrogens (tertiary/aromatic N) is 4. The van der Waals surface area contributed by atoms with Crippen molar-refractivity contribution in [1.82, 2.24) is 0 Å². The molecule has 0 N–H and O–H groups in total. The van der Waals surface area contributed by atoms with E-state index in [9.17, 15) is 50.0 Å². The van der Waals surface area contributed by atoms with Crippen LogP contribution >= 0.6 is 0 Å². The number of hydrogen-bond acceptors (Lipinski definition) is 12. The summed E-state index contributed by atoms with van der Waals surface area (Å²) in [5.41, 5.74) is -2.00. The van der Waals surface area contributed by atoms with E-state index < -0.39 is 59.8 Å². The number of carbonyl (C=O) groups is 2. The highest BCUT2D eigenvalue weighted by molar-refractivity contribution is 5.91. The molecule has 16 nitrogen and oxygen atoms in total. The molecule has 2 bridgehead atoms. The molecule has 0 heterocycles. The highest BCUT2D eigenvalue weighted by Crippen LogP contribution is 2.61. The van der Waals surface area contributed by atoms with Crippen LogP contribution in [0.5, 0.6) is 0 Å². The molecule has 4 unspecified atom stereocenters. The lowest BCUT2D eigenvalue weighted by atomic mass is 9.60. The van der Waals surface area contributed by atoms with Crippen molar-refractivity contribution in [2.45, 2.75) is 40.5 Å². The Morgan fingerprint density at radius 1 is 0.800 bits per heavy atom. The summed E-state index contributed by atoms with van der Waals surface area (Å²) in [5, 5.41) is 45.1. The van der Waals surface area contributed by atoms with E-state index in [1.165, 1.54) is 0 Å². The maximum atomic E-state index is 13.0. The summed E-state index contributed by atoms with van der Waals surface area (Å²) in [7, 11) is 0. The number of carbonyl (C=O) groups excluding carboxylic acids is 2. The second-order valence-electron chi connectivity index (χ2n) is 11.8. The van der Waals surface area contributed by atoms with Gasteiger partial charge in [-0.15, -0.1) is 0 Å². The van der Waals surface area contributed by atoms with Crippen LogP contribution in [-0.4, -0.2) is 44.8 Å². The van der Waals surface area contributed by atoms with E-state index in [-0.39, 0.29) is 48.0 Å². The van der Waals surface area contributed by atoms with Gasteiger partial charge in [0, 0.05) is 30.2 Å². The van der Waals surface area contributed by atoms with Crippen molar-refractivity contribution in [2.24, 2.45) is 29.1 Å². The first-order chi connectivity index (χ1) is 21.0. The lowest BCUT2D eigenvalue weighted by Gasteiger charge is -2.45. The van der Waals surface area contributed by atoms with Crippen molar-refractivity contribution in [1.29, 1.82) is 0 Å². The largest absolute Gasteiger partial charge is 0.462 e. The Labute approximate surface area is 255 Å². The molecule has 0 radical (unpaired) electrons. The molecule has 0 spiro atoms. The first kappa shape index (κ1) is 32.6. The molecule has 2 aliphatic rings. The second kappa shape index (κ2) is 12.4. The number of allylic oxidation sites excluding steroid dienone is 1. The van der Waals surface area contributed by atoms with Crippen LogP contribution in [0, 0.1) is 69.5 Å². The number of hydrogen-bond donors (Lipinski definition) is 0. The first-order valence-electron chi connectivity index (χ1n) is 14.0. The number of fused-ring (bicyclic) bond motifs is 2. The van der Waals surface area contributed by atoms with Crippen LogP contribution in [0.4, 0.5) is 22.7 Å². The van der Waals surface area contributed by atoms with Crippen LogP contribution in [0.1, 0.15) is 61.3 Å². The summed E-state index contributed by atoms with van der Waals surface area (Å²) in [6, 6.07) is 5.13. The van der Waals surface area contributed by atoms with Crippen molar-refractivity contribution in [2.75, 3.05) is 13.2 Å². The van der Waals surface area contributed by atoms with Crippen LogP contribution in [-0.2, 0) is 9.47 Å². The monoisotopic (exact) mass is 626 g/mol. The highest BCUT2D eigenvalue weighted by atomic mass is 16.6. The molecule has 0 amide bonds. The molecule has 238 valence electrons. The van der Waals surface area contributed by atoms with Gasteiger partial charge in [0.2, 0.25) is 0 Å². The van der Waals surface area contributed by atoms with Crippen LogP contribution in [0.15, 0.2) is 47.5 Å². The van der Waals surface area contributed by atoms with E-state index in [2.05, 4.69) is 0 Å². The Morgan fingerprint density at radius 3 is 1.62 bits per heavy atom. The van der Waals surface area contributed by atoms with Gasteiger partial charge < -0.3 is 9.47 Å². The van der Waals surface area contributed by atoms with Gasteiger partial charge in [-0.05, 0) is 48.5 Å². The van der Waals surface area contributed by atoms with Crippen LogP contribution in [0.25, 0.3) is 0 Å². The molecule has 4 atom stereocenters. The third-order valence-corrected chi connectivity index (χ3v) is 9.18. The summed E-state index contributed by atoms with van der Waals surface area (Å²) in [6.45, 7) is 7.65. The fourth-order valence-electron chi connectivity index (χ4n) is 6.67. The number of nitro groups is 4. The lowest BCUT2D eigenvalue weighted by molar-refractivity contribution is -0.394. The summed E-state index contributed by atoms with van der Waals surface area (Å²) in [5.74, 6) is -2.19. The Morgan fingerprint density at radius 2 is 1.22 bits per heavy atom. The van der Waals surface area contributed by atoms with Gasteiger partial charge in [0.1, 0.15) is 6.61 Å². The second-order valence-corrected chi connectivity index (χ2v) is 11.8. The van der Waals surface area contributed by atoms with Gasteiger partial charge in [0.15, 0.2) is 0 Å². The number of esters is 2. The van der Waals surface area contributed by atoms with E-state index >= 15 is 0 Å². The minimum Gasteiger partial charge on any atom is -0.462 e. The maximum Gasteiger partial charge on any atom is 0.338 e. The Hall–Kier alpha value is -5.28. The predicted octanol–water partition coefficient (Wildman–Crippen LogP) is 5.97. The summed E-state index contributed by atoms with van der Waals surface area (Å²) < 4.78 is 11.2. The van der Waals surface area contributed by atoms with Crippen LogP contribution in [0.3, 0.4) is 0 Å². The van der Waals surface area contributed by atoms with Gasteiger partial charge in [0.25, 0.3) is 22.7 Å². The van der Waals surface area contributed by atoms with Crippen LogP contribution in [0.2, 0.25) is 0 Å². The lowest BCUT2D eigenvalue weighted by Crippen LogP contribution is -2.42. The molecule has 0 aliphatic heterocycles. The fraction of sp³-hybridized carbons (Fsp3) is 0.448. The normalized spacial score (nSPS) is 22.2. The molecule has 2 aromatic carbocycles. The van der Waals surface area contributed by atoms with Crippen molar-refractivity contribution < 1.29 is 38.8 Å². The third-order valence-electron chi connectivity index (χ3n) is 9.18. The highest BCUT2D eigenvalue weighted by Gasteiger charge is 2.55. The van der Waals surface area contributed by atoms with Crippen LogP contribution < -0.4 is 0 Å². The molecule has 2 aromatic rings.